The smallest absolute Gasteiger partial charge is 0.284 e. The summed E-state index contributed by atoms with van der Waals surface area (Å²) >= 11 is 0. The summed E-state index contributed by atoms with van der Waals surface area (Å²) < 4.78 is 13.7. The molecule has 1 aliphatic heterocycles. The number of aromatic nitrogens is 1. The molecule has 2 aromatic rings. The lowest BCUT2D eigenvalue weighted by molar-refractivity contribution is -0.130. The zero-order valence-electron chi connectivity index (χ0n) is 16.5. The summed E-state index contributed by atoms with van der Waals surface area (Å²) in [7, 11) is 0. The molecule has 0 spiro atoms. The standard InChI is InChI=1S/C22H27N3O3/c1-15-12-17(16(2)25(15)18-8-4-3-5-9-18)13-23-24-22(26)21-14-27-19-10-6-7-11-20(19)28-21/h6-7,10-13,18,21H,3-5,8-9,14H2,1-2H3,(H,24,26)/b23-13-/t21-/m1/s1. The van der Waals surface area contributed by atoms with Crippen molar-refractivity contribution in [1.29, 1.82) is 0 Å². The average Bonchev–Trinajstić information content (AvgIpc) is 3.01. The molecule has 148 valence electrons. The maximum absolute atomic E-state index is 12.4. The molecule has 1 aromatic carbocycles. The van der Waals surface area contributed by atoms with Gasteiger partial charge in [0.25, 0.3) is 5.91 Å². The molecule has 1 fully saturated rings. The van der Waals surface area contributed by atoms with Crippen LogP contribution < -0.4 is 14.9 Å². The van der Waals surface area contributed by atoms with Gasteiger partial charge in [0, 0.05) is 23.0 Å². The number of benzene rings is 1. The quantitative estimate of drug-likeness (QED) is 0.645. The number of rotatable bonds is 4. The first kappa shape index (κ1) is 18.6. The Kier molecular flexibility index (Phi) is 5.37. The highest BCUT2D eigenvalue weighted by atomic mass is 16.6. The molecule has 1 aromatic heterocycles. The van der Waals surface area contributed by atoms with Crippen molar-refractivity contribution < 1.29 is 14.3 Å². The third kappa shape index (κ3) is 3.77. The number of nitrogens with one attached hydrogen (secondary N) is 1. The second-order valence-corrected chi connectivity index (χ2v) is 7.59. The third-order valence-corrected chi connectivity index (χ3v) is 5.64. The molecule has 1 amide bonds. The molecule has 6 heteroatoms. The summed E-state index contributed by atoms with van der Waals surface area (Å²) in [5.41, 5.74) is 6.07. The maximum atomic E-state index is 12.4. The van der Waals surface area contributed by atoms with E-state index in [1.165, 1.54) is 43.5 Å². The minimum absolute atomic E-state index is 0.175. The zero-order chi connectivity index (χ0) is 19.5. The van der Waals surface area contributed by atoms with E-state index in [1.54, 1.807) is 12.3 Å². The topological polar surface area (TPSA) is 64.8 Å². The van der Waals surface area contributed by atoms with Crippen LogP contribution in [0.1, 0.15) is 55.1 Å². The number of hydrogen-bond donors (Lipinski definition) is 1. The number of ether oxygens (including phenoxy) is 2. The SMILES string of the molecule is Cc1cc(/C=N\NC(=O)[C@H]2COc3ccccc3O2)c(C)n1C1CCCCC1. The molecule has 2 heterocycles. The van der Waals surface area contributed by atoms with Gasteiger partial charge in [-0.1, -0.05) is 31.4 Å². The van der Waals surface area contributed by atoms with E-state index in [9.17, 15) is 4.79 Å². The number of nitrogens with zero attached hydrogens (tertiary/aromatic N) is 2. The number of amides is 1. The van der Waals surface area contributed by atoms with Crippen LogP contribution in [0.4, 0.5) is 0 Å². The van der Waals surface area contributed by atoms with Crippen molar-refractivity contribution in [2.24, 2.45) is 5.10 Å². The largest absolute Gasteiger partial charge is 0.485 e. The van der Waals surface area contributed by atoms with E-state index in [0.717, 1.165) is 5.56 Å². The van der Waals surface area contributed by atoms with Gasteiger partial charge in [-0.05, 0) is 44.9 Å². The number of carbonyl (C=O) groups excluding carboxylic acids is 1. The predicted octanol–water partition coefficient (Wildman–Crippen LogP) is 3.90. The van der Waals surface area contributed by atoms with Crippen LogP contribution in [0.15, 0.2) is 35.4 Å². The molecule has 2 aliphatic rings. The van der Waals surface area contributed by atoms with Crippen molar-refractivity contribution in [2.75, 3.05) is 6.61 Å². The lowest BCUT2D eigenvalue weighted by Gasteiger charge is -2.26. The van der Waals surface area contributed by atoms with Crippen LogP contribution in [0.5, 0.6) is 11.5 Å². The molecule has 28 heavy (non-hydrogen) atoms. The molecular weight excluding hydrogens is 354 g/mol. The van der Waals surface area contributed by atoms with Gasteiger partial charge in [-0.2, -0.15) is 5.10 Å². The fourth-order valence-corrected chi connectivity index (χ4v) is 4.22. The van der Waals surface area contributed by atoms with Gasteiger partial charge < -0.3 is 14.0 Å². The summed E-state index contributed by atoms with van der Waals surface area (Å²) in [6, 6.07) is 10.1. The number of aryl methyl sites for hydroxylation is 1. The predicted molar refractivity (Wildman–Crippen MR) is 108 cm³/mol. The molecule has 6 nitrogen and oxygen atoms in total. The van der Waals surface area contributed by atoms with E-state index < -0.39 is 6.10 Å². The minimum atomic E-state index is -0.707. The van der Waals surface area contributed by atoms with Crippen LogP contribution in [0, 0.1) is 13.8 Å². The third-order valence-electron chi connectivity index (χ3n) is 5.64. The fourth-order valence-electron chi connectivity index (χ4n) is 4.22. The van der Waals surface area contributed by atoms with Gasteiger partial charge in [0.05, 0.1) is 6.21 Å². The van der Waals surface area contributed by atoms with E-state index in [4.69, 9.17) is 9.47 Å². The van der Waals surface area contributed by atoms with E-state index in [0.29, 0.717) is 17.5 Å². The van der Waals surface area contributed by atoms with Crippen molar-refractivity contribution in [3.8, 4) is 11.5 Å². The van der Waals surface area contributed by atoms with Crippen LogP contribution in [-0.2, 0) is 4.79 Å². The van der Waals surface area contributed by atoms with E-state index in [1.807, 2.05) is 18.2 Å². The van der Waals surface area contributed by atoms with Crippen molar-refractivity contribution in [3.05, 3.63) is 47.3 Å². The second kappa shape index (κ2) is 8.09. The minimum Gasteiger partial charge on any atom is -0.485 e. The van der Waals surface area contributed by atoms with Gasteiger partial charge in [-0.3, -0.25) is 4.79 Å². The highest BCUT2D eigenvalue weighted by Crippen LogP contribution is 2.32. The van der Waals surface area contributed by atoms with Gasteiger partial charge in [-0.25, -0.2) is 5.43 Å². The first-order valence-electron chi connectivity index (χ1n) is 10.0. The summed E-state index contributed by atoms with van der Waals surface area (Å²) in [5, 5.41) is 4.16. The average molecular weight is 381 g/mol. The van der Waals surface area contributed by atoms with Gasteiger partial charge in [-0.15, -0.1) is 0 Å². The number of hydrogen-bond acceptors (Lipinski definition) is 4. The summed E-state index contributed by atoms with van der Waals surface area (Å²) in [6.07, 6.45) is 7.43. The maximum Gasteiger partial charge on any atom is 0.284 e. The molecular formula is C22H27N3O3. The summed E-state index contributed by atoms with van der Waals surface area (Å²) in [4.78, 5) is 12.4. The van der Waals surface area contributed by atoms with Gasteiger partial charge in [0.15, 0.2) is 11.5 Å². The van der Waals surface area contributed by atoms with Gasteiger partial charge >= 0.3 is 0 Å². The molecule has 4 rings (SSSR count). The van der Waals surface area contributed by atoms with Crippen LogP contribution >= 0.6 is 0 Å². The fraction of sp³-hybridized carbons (Fsp3) is 0.455. The highest BCUT2D eigenvalue weighted by molar-refractivity contribution is 5.85. The Morgan fingerprint density at radius 2 is 1.93 bits per heavy atom. The molecule has 0 radical (unpaired) electrons. The van der Waals surface area contributed by atoms with Crippen LogP contribution in [-0.4, -0.2) is 29.4 Å². The van der Waals surface area contributed by atoms with E-state index in [2.05, 4.69) is 35.0 Å². The highest BCUT2D eigenvalue weighted by Gasteiger charge is 2.27. The number of carbonyl (C=O) groups is 1. The molecule has 1 saturated carbocycles. The lowest BCUT2D eigenvalue weighted by atomic mass is 9.95. The van der Waals surface area contributed by atoms with Crippen LogP contribution in [0.2, 0.25) is 0 Å². The molecule has 1 aliphatic carbocycles. The Morgan fingerprint density at radius 3 is 2.71 bits per heavy atom. The molecule has 0 unspecified atom stereocenters. The Balaban J connectivity index is 1.39. The first-order chi connectivity index (χ1) is 13.6. The molecule has 0 bridgehead atoms. The number of para-hydroxylation sites is 2. The second-order valence-electron chi connectivity index (χ2n) is 7.59. The number of hydrazone groups is 1. The van der Waals surface area contributed by atoms with E-state index in [-0.39, 0.29) is 12.5 Å². The van der Waals surface area contributed by atoms with Gasteiger partial charge in [0.2, 0.25) is 6.10 Å². The Hall–Kier alpha value is -2.76. The molecule has 1 N–H and O–H groups in total. The monoisotopic (exact) mass is 381 g/mol. The summed E-state index contributed by atoms with van der Waals surface area (Å²) in [5.74, 6) is 0.922. The first-order valence-corrected chi connectivity index (χ1v) is 10.0. The van der Waals surface area contributed by atoms with Crippen molar-refractivity contribution in [2.45, 2.75) is 58.1 Å². The Morgan fingerprint density at radius 1 is 1.18 bits per heavy atom. The van der Waals surface area contributed by atoms with Gasteiger partial charge in [0.1, 0.15) is 6.61 Å². The Labute approximate surface area is 165 Å². The molecule has 0 saturated heterocycles. The normalized spacial score (nSPS) is 19.7. The van der Waals surface area contributed by atoms with E-state index >= 15 is 0 Å². The van der Waals surface area contributed by atoms with Crippen molar-refractivity contribution in [3.63, 3.8) is 0 Å². The van der Waals surface area contributed by atoms with Crippen molar-refractivity contribution in [1.82, 2.24) is 9.99 Å². The molecule has 1 atom stereocenters. The Bertz CT molecular complexity index is 881. The zero-order valence-corrected chi connectivity index (χ0v) is 16.5. The van der Waals surface area contributed by atoms with Crippen LogP contribution in [0.25, 0.3) is 0 Å². The van der Waals surface area contributed by atoms with Crippen LogP contribution in [0.3, 0.4) is 0 Å². The summed E-state index contributed by atoms with van der Waals surface area (Å²) in [6.45, 7) is 4.44. The number of fused-ring (bicyclic) bond motifs is 1. The lowest BCUT2D eigenvalue weighted by Crippen LogP contribution is -2.42. The van der Waals surface area contributed by atoms with Crippen molar-refractivity contribution >= 4 is 12.1 Å².